The maximum absolute atomic E-state index is 12.0. The molecule has 0 saturated heterocycles. The van der Waals surface area contributed by atoms with Gasteiger partial charge < -0.3 is 15.7 Å². The molecule has 2 atom stereocenters. The third-order valence-corrected chi connectivity index (χ3v) is 6.14. The summed E-state index contributed by atoms with van der Waals surface area (Å²) in [5.41, 5.74) is -1.07. The Morgan fingerprint density at radius 3 is 2.25 bits per heavy atom. The summed E-state index contributed by atoms with van der Waals surface area (Å²) in [5, 5.41) is 15.4. The van der Waals surface area contributed by atoms with Gasteiger partial charge in [0.2, 0.25) is 11.8 Å². The van der Waals surface area contributed by atoms with Crippen LogP contribution >= 0.6 is 20.0 Å². The molecule has 0 bridgehead atoms. The van der Waals surface area contributed by atoms with Gasteiger partial charge in [-0.1, -0.05) is 71.1 Å². The Balaban J connectivity index is 3.81. The Labute approximate surface area is 196 Å². The second-order valence-corrected chi connectivity index (χ2v) is 10.3. The molecule has 2 amide bonds. The van der Waals surface area contributed by atoms with Gasteiger partial charge in [0.25, 0.3) is 0 Å². The van der Waals surface area contributed by atoms with E-state index >= 15 is 0 Å². The van der Waals surface area contributed by atoms with E-state index in [1.54, 1.807) is 0 Å². The van der Waals surface area contributed by atoms with Crippen LogP contribution in [-0.4, -0.2) is 58.5 Å². The molecule has 11 heteroatoms. The number of nitrogens with one attached hydrogen (secondary N) is 2. The van der Waals surface area contributed by atoms with E-state index in [1.807, 2.05) is 0 Å². The van der Waals surface area contributed by atoms with Crippen LogP contribution in [0.5, 0.6) is 0 Å². The summed E-state index contributed by atoms with van der Waals surface area (Å²) in [7, 11) is -2.82. The van der Waals surface area contributed by atoms with E-state index < -0.39 is 25.7 Å². The van der Waals surface area contributed by atoms with Crippen molar-refractivity contribution in [2.24, 2.45) is 5.41 Å². The smallest absolute Gasteiger partial charge is 0.383 e. The summed E-state index contributed by atoms with van der Waals surface area (Å²) in [6.45, 7) is 5.37. The first-order valence-corrected chi connectivity index (χ1v) is 13.4. The molecule has 0 rings (SSSR count). The molecule has 0 saturated carbocycles. The highest BCUT2D eigenvalue weighted by atomic mass is 32.2. The van der Waals surface area contributed by atoms with E-state index in [1.165, 1.54) is 57.7 Å². The summed E-state index contributed by atoms with van der Waals surface area (Å²) in [5.74, 6) is -0.446. The molecular formula is C21H40N2O7PS+. The van der Waals surface area contributed by atoms with Crippen LogP contribution in [-0.2, 0) is 23.5 Å². The zero-order chi connectivity index (χ0) is 24.4. The predicted octanol–water partition coefficient (Wildman–Crippen LogP) is 3.06. The van der Waals surface area contributed by atoms with Crippen molar-refractivity contribution in [2.45, 2.75) is 84.7 Å². The van der Waals surface area contributed by atoms with Crippen molar-refractivity contribution >= 4 is 36.9 Å². The maximum atomic E-state index is 12.0. The topological polar surface area (TPSA) is 142 Å². The van der Waals surface area contributed by atoms with Gasteiger partial charge in [0.1, 0.15) is 12.7 Å². The van der Waals surface area contributed by atoms with E-state index in [9.17, 15) is 24.1 Å². The van der Waals surface area contributed by atoms with Crippen molar-refractivity contribution in [2.75, 3.05) is 25.4 Å². The van der Waals surface area contributed by atoms with Gasteiger partial charge in [-0.05, 0) is 6.42 Å². The zero-order valence-corrected chi connectivity index (χ0v) is 21.3. The summed E-state index contributed by atoms with van der Waals surface area (Å²) in [4.78, 5) is 44.4. The Bertz CT molecular complexity index is 590. The highest BCUT2D eigenvalue weighted by Crippen LogP contribution is 2.26. The Hall–Kier alpha value is -1.06. The number of amides is 2. The van der Waals surface area contributed by atoms with Crippen molar-refractivity contribution in [3.63, 3.8) is 0 Å². The normalized spacial score (nSPS) is 12.8. The minimum Gasteiger partial charge on any atom is -0.383 e. The van der Waals surface area contributed by atoms with Gasteiger partial charge in [0.05, 0.1) is 0 Å². The summed E-state index contributed by atoms with van der Waals surface area (Å²) in [6.07, 6.45) is 7.33. The highest BCUT2D eigenvalue weighted by molar-refractivity contribution is 8.13. The molecule has 0 radical (unpaired) electrons. The second kappa shape index (κ2) is 18.4. The van der Waals surface area contributed by atoms with E-state index in [-0.39, 0.29) is 30.6 Å². The molecule has 1 unspecified atom stereocenters. The van der Waals surface area contributed by atoms with Crippen LogP contribution in [0.3, 0.4) is 0 Å². The number of unbranched alkanes of at least 4 members (excludes halogenated alkanes) is 6. The first kappa shape index (κ1) is 30.9. The van der Waals surface area contributed by atoms with Crippen LogP contribution < -0.4 is 10.6 Å². The maximum Gasteiger partial charge on any atom is 0.694 e. The molecule has 0 aliphatic rings. The molecule has 0 fully saturated rings. The molecule has 0 spiro atoms. The molecule has 0 aromatic rings. The van der Waals surface area contributed by atoms with Crippen molar-refractivity contribution in [3.8, 4) is 0 Å². The average molecular weight is 496 g/mol. The Kier molecular flexibility index (Phi) is 17.8. The number of carbonyl (C=O) groups excluding carboxylic acids is 3. The fraction of sp³-hybridized carbons (Fsp3) is 0.857. The standard InChI is InChI=1S/C21H39N2O7PS/c1-4-5-6-7-8-9-10-11-18(25)32-15-14-22-17(24)12-13-23-20(27)19(26)21(2,3)16-30-31(28)29/h19,26H,4-16H2,1-3H3,(H2-,22,23,24,27,28,29)/p+1/t19-/m0/s1. The number of hydrogen-bond donors (Lipinski definition) is 4. The van der Waals surface area contributed by atoms with Gasteiger partial charge in [-0.3, -0.25) is 14.4 Å². The lowest BCUT2D eigenvalue weighted by atomic mass is 9.87. The molecule has 0 heterocycles. The lowest BCUT2D eigenvalue weighted by Crippen LogP contribution is -2.46. The van der Waals surface area contributed by atoms with Crippen LogP contribution in [0.15, 0.2) is 0 Å². The lowest BCUT2D eigenvalue weighted by molar-refractivity contribution is -0.136. The fourth-order valence-corrected chi connectivity index (χ4v) is 3.96. The van der Waals surface area contributed by atoms with Gasteiger partial charge in [-0.15, -0.1) is 9.42 Å². The fourth-order valence-electron chi connectivity index (χ4n) is 2.79. The monoisotopic (exact) mass is 495 g/mol. The Morgan fingerprint density at radius 1 is 1.00 bits per heavy atom. The van der Waals surface area contributed by atoms with Crippen molar-refractivity contribution < 1.29 is 33.5 Å². The molecule has 0 aromatic carbocycles. The highest BCUT2D eigenvalue weighted by Gasteiger charge is 2.36. The Morgan fingerprint density at radius 2 is 1.62 bits per heavy atom. The quantitative estimate of drug-likeness (QED) is 0.158. The van der Waals surface area contributed by atoms with Crippen molar-refractivity contribution in [3.05, 3.63) is 0 Å². The van der Waals surface area contributed by atoms with Gasteiger partial charge in [-0.2, -0.15) is 0 Å². The van der Waals surface area contributed by atoms with E-state index in [2.05, 4.69) is 22.1 Å². The van der Waals surface area contributed by atoms with Crippen molar-refractivity contribution in [1.29, 1.82) is 0 Å². The molecule has 4 N–H and O–H groups in total. The number of carbonyl (C=O) groups is 3. The van der Waals surface area contributed by atoms with Crippen LogP contribution in [0.1, 0.15) is 78.6 Å². The SMILES string of the molecule is CCCCCCCCCC(=O)SCCNC(=O)CCNC(=O)[C@H](O)C(C)(C)CO[P+](=O)O. The molecule has 0 aliphatic heterocycles. The van der Waals surface area contributed by atoms with Crippen molar-refractivity contribution in [1.82, 2.24) is 10.6 Å². The third-order valence-electron chi connectivity index (χ3n) is 4.86. The van der Waals surface area contributed by atoms with E-state index in [0.29, 0.717) is 18.7 Å². The van der Waals surface area contributed by atoms with Crippen LogP contribution in [0, 0.1) is 5.41 Å². The molecule has 0 aliphatic carbocycles. The summed E-state index contributed by atoms with van der Waals surface area (Å²) < 4.78 is 15.2. The number of hydrogen-bond acceptors (Lipinski definition) is 7. The first-order valence-electron chi connectivity index (χ1n) is 11.3. The zero-order valence-electron chi connectivity index (χ0n) is 19.6. The van der Waals surface area contributed by atoms with Gasteiger partial charge in [0, 0.05) is 41.7 Å². The molecule has 9 nitrogen and oxygen atoms in total. The summed E-state index contributed by atoms with van der Waals surface area (Å²) >= 11 is 1.23. The summed E-state index contributed by atoms with van der Waals surface area (Å²) in [6, 6.07) is 0. The minimum absolute atomic E-state index is 0.0362. The van der Waals surface area contributed by atoms with Gasteiger partial charge in [-0.25, -0.2) is 0 Å². The minimum atomic E-state index is -2.82. The van der Waals surface area contributed by atoms with Crippen LogP contribution in [0.4, 0.5) is 0 Å². The molecule has 0 aromatic heterocycles. The number of aliphatic hydroxyl groups is 1. The third kappa shape index (κ3) is 16.6. The first-order chi connectivity index (χ1) is 15.1. The van der Waals surface area contributed by atoms with E-state index in [0.717, 1.165) is 12.8 Å². The number of rotatable bonds is 19. The predicted molar refractivity (Wildman–Crippen MR) is 126 cm³/mol. The molecular weight excluding hydrogens is 455 g/mol. The lowest BCUT2D eigenvalue weighted by Gasteiger charge is -2.26. The van der Waals surface area contributed by atoms with E-state index in [4.69, 9.17) is 4.89 Å². The number of thioether (sulfide) groups is 1. The van der Waals surface area contributed by atoms with Crippen LogP contribution in [0.2, 0.25) is 0 Å². The average Bonchev–Trinajstić information content (AvgIpc) is 2.74. The number of aliphatic hydroxyl groups excluding tert-OH is 1. The van der Waals surface area contributed by atoms with Crippen LogP contribution in [0.25, 0.3) is 0 Å². The molecule has 32 heavy (non-hydrogen) atoms. The largest absolute Gasteiger partial charge is 0.694 e. The molecule has 186 valence electrons. The van der Waals surface area contributed by atoms with Gasteiger partial charge in [0.15, 0.2) is 5.12 Å². The van der Waals surface area contributed by atoms with Gasteiger partial charge >= 0.3 is 8.25 Å². The second-order valence-electron chi connectivity index (χ2n) is 8.39.